The molecule has 0 spiro atoms. The number of hydrogen-bond acceptors (Lipinski definition) is 4. The molecule has 1 atom stereocenters. The van der Waals surface area contributed by atoms with E-state index in [4.69, 9.17) is 5.26 Å². The average Bonchev–Trinajstić information content (AvgIpc) is 3.33. The summed E-state index contributed by atoms with van der Waals surface area (Å²) in [6.45, 7) is 1.24. The number of carbonyl (C=O) groups is 1. The summed E-state index contributed by atoms with van der Waals surface area (Å²) in [6, 6.07) is 9.92. The van der Waals surface area contributed by atoms with Gasteiger partial charge in [0.05, 0.1) is 23.3 Å². The fourth-order valence-electron chi connectivity index (χ4n) is 3.26. The van der Waals surface area contributed by atoms with Crippen molar-refractivity contribution in [3.05, 3.63) is 47.9 Å². The summed E-state index contributed by atoms with van der Waals surface area (Å²) in [5.41, 5.74) is 1.98. The molecule has 0 N–H and O–H groups in total. The van der Waals surface area contributed by atoms with E-state index in [1.54, 1.807) is 21.8 Å². The third-order valence-electron chi connectivity index (χ3n) is 4.52. The molecule has 3 heterocycles. The third kappa shape index (κ3) is 2.24. The molecule has 1 aliphatic rings. The summed E-state index contributed by atoms with van der Waals surface area (Å²) >= 11 is 0. The molecule has 1 amide bonds. The highest BCUT2D eigenvalue weighted by atomic mass is 16.2. The van der Waals surface area contributed by atoms with Crippen LogP contribution in [0.25, 0.3) is 10.9 Å². The number of amides is 1. The minimum absolute atomic E-state index is 0.0537. The number of hydrogen-bond donors (Lipinski definition) is 0. The molecule has 120 valence electrons. The number of carbonyl (C=O) groups excluding carboxylic acids is 1. The van der Waals surface area contributed by atoms with E-state index >= 15 is 0 Å². The molecule has 24 heavy (non-hydrogen) atoms. The predicted octanol–water partition coefficient (Wildman–Crippen LogP) is 1.73. The Morgan fingerprint density at radius 3 is 3.00 bits per heavy atom. The Bertz CT molecular complexity index is 963. The molecule has 2 aromatic heterocycles. The standard InChI is InChI=1S/C17H16N6O/c1-21-15-5-3-2-4-14(15)16(20-21)17(24)22-7-6-13(11-22)23-10-12(8-18)9-19-23/h2-5,9-10,13H,6-7,11H2,1H3. The highest BCUT2D eigenvalue weighted by molar-refractivity contribution is 6.04. The van der Waals surface area contributed by atoms with E-state index in [0.717, 1.165) is 17.3 Å². The van der Waals surface area contributed by atoms with Crippen LogP contribution in [0.15, 0.2) is 36.7 Å². The number of nitriles is 1. The predicted molar refractivity (Wildman–Crippen MR) is 87.2 cm³/mol. The van der Waals surface area contributed by atoms with Gasteiger partial charge in [0, 0.05) is 31.7 Å². The van der Waals surface area contributed by atoms with Crippen LogP contribution in [0.1, 0.15) is 28.5 Å². The van der Waals surface area contributed by atoms with Crippen molar-refractivity contribution in [2.45, 2.75) is 12.5 Å². The van der Waals surface area contributed by atoms with Crippen molar-refractivity contribution in [2.24, 2.45) is 7.05 Å². The van der Waals surface area contributed by atoms with E-state index < -0.39 is 0 Å². The molecule has 7 nitrogen and oxygen atoms in total. The van der Waals surface area contributed by atoms with Crippen LogP contribution >= 0.6 is 0 Å². The van der Waals surface area contributed by atoms with E-state index in [1.165, 1.54) is 0 Å². The first-order chi connectivity index (χ1) is 11.7. The first-order valence-electron chi connectivity index (χ1n) is 7.82. The van der Waals surface area contributed by atoms with E-state index in [-0.39, 0.29) is 11.9 Å². The molecular formula is C17H16N6O. The number of aromatic nitrogens is 4. The van der Waals surface area contributed by atoms with E-state index in [0.29, 0.717) is 24.3 Å². The van der Waals surface area contributed by atoms with Crippen molar-refractivity contribution < 1.29 is 4.79 Å². The van der Waals surface area contributed by atoms with Gasteiger partial charge in [0.25, 0.3) is 5.91 Å². The summed E-state index contributed by atoms with van der Waals surface area (Å²) in [4.78, 5) is 14.7. The van der Waals surface area contributed by atoms with Crippen molar-refractivity contribution in [1.29, 1.82) is 5.26 Å². The minimum atomic E-state index is -0.0537. The Kier molecular flexibility index (Phi) is 3.31. The van der Waals surface area contributed by atoms with Gasteiger partial charge < -0.3 is 4.90 Å². The van der Waals surface area contributed by atoms with Crippen molar-refractivity contribution in [1.82, 2.24) is 24.5 Å². The summed E-state index contributed by atoms with van der Waals surface area (Å²) < 4.78 is 3.52. The minimum Gasteiger partial charge on any atom is -0.335 e. The van der Waals surface area contributed by atoms with Crippen molar-refractivity contribution in [2.75, 3.05) is 13.1 Å². The number of likely N-dealkylation sites (tertiary alicyclic amines) is 1. The second-order valence-electron chi connectivity index (χ2n) is 6.00. The number of fused-ring (bicyclic) bond motifs is 1. The maximum atomic E-state index is 12.9. The fourth-order valence-corrected chi connectivity index (χ4v) is 3.26. The molecule has 0 aliphatic carbocycles. The van der Waals surface area contributed by atoms with Crippen LogP contribution in [0.3, 0.4) is 0 Å². The lowest BCUT2D eigenvalue weighted by molar-refractivity contribution is 0.0782. The maximum Gasteiger partial charge on any atom is 0.275 e. The number of benzene rings is 1. The SMILES string of the molecule is Cn1nc(C(=O)N2CCC(n3cc(C#N)cn3)C2)c2ccccc21. The number of aryl methyl sites for hydroxylation is 1. The molecule has 0 bridgehead atoms. The van der Waals surface area contributed by atoms with Gasteiger partial charge >= 0.3 is 0 Å². The van der Waals surface area contributed by atoms with Crippen LogP contribution in [0.2, 0.25) is 0 Å². The van der Waals surface area contributed by atoms with Crippen LogP contribution in [0.4, 0.5) is 0 Å². The normalized spacial score (nSPS) is 17.3. The zero-order valence-corrected chi connectivity index (χ0v) is 13.3. The first-order valence-corrected chi connectivity index (χ1v) is 7.82. The topological polar surface area (TPSA) is 79.7 Å². The quantitative estimate of drug-likeness (QED) is 0.720. The Labute approximate surface area is 138 Å². The Hall–Kier alpha value is -3.14. The summed E-state index contributed by atoms with van der Waals surface area (Å²) in [7, 11) is 1.85. The van der Waals surface area contributed by atoms with Gasteiger partial charge in [-0.3, -0.25) is 14.2 Å². The number of rotatable bonds is 2. The molecule has 0 saturated carbocycles. The van der Waals surface area contributed by atoms with Crippen LogP contribution in [-0.2, 0) is 7.05 Å². The van der Waals surface area contributed by atoms with E-state index in [1.807, 2.05) is 36.2 Å². The van der Waals surface area contributed by atoms with Gasteiger partial charge in [0.1, 0.15) is 6.07 Å². The second-order valence-corrected chi connectivity index (χ2v) is 6.00. The van der Waals surface area contributed by atoms with Crippen molar-refractivity contribution in [3.63, 3.8) is 0 Å². The molecule has 1 aliphatic heterocycles. The lowest BCUT2D eigenvalue weighted by atomic mass is 10.2. The monoisotopic (exact) mass is 320 g/mol. The van der Waals surface area contributed by atoms with Crippen LogP contribution in [0.5, 0.6) is 0 Å². The maximum absolute atomic E-state index is 12.9. The molecule has 7 heteroatoms. The van der Waals surface area contributed by atoms with Crippen molar-refractivity contribution in [3.8, 4) is 6.07 Å². The lowest BCUT2D eigenvalue weighted by Gasteiger charge is -2.15. The van der Waals surface area contributed by atoms with Crippen LogP contribution < -0.4 is 0 Å². The van der Waals surface area contributed by atoms with Gasteiger partial charge in [0.15, 0.2) is 5.69 Å². The second kappa shape index (κ2) is 5.49. The number of para-hydroxylation sites is 1. The van der Waals surface area contributed by atoms with Crippen molar-refractivity contribution >= 4 is 16.8 Å². The van der Waals surface area contributed by atoms with Gasteiger partial charge in [-0.05, 0) is 12.5 Å². The largest absolute Gasteiger partial charge is 0.335 e. The van der Waals surface area contributed by atoms with Crippen LogP contribution in [0, 0.1) is 11.3 Å². The van der Waals surface area contributed by atoms with E-state index in [2.05, 4.69) is 16.3 Å². The zero-order chi connectivity index (χ0) is 16.7. The van der Waals surface area contributed by atoms with Gasteiger partial charge in [-0.25, -0.2) is 0 Å². The smallest absolute Gasteiger partial charge is 0.275 e. The Morgan fingerprint density at radius 1 is 1.38 bits per heavy atom. The van der Waals surface area contributed by atoms with Gasteiger partial charge in [0.2, 0.25) is 0 Å². The Morgan fingerprint density at radius 2 is 2.21 bits per heavy atom. The fraction of sp³-hybridized carbons (Fsp3) is 0.294. The zero-order valence-electron chi connectivity index (χ0n) is 13.3. The molecule has 4 rings (SSSR count). The third-order valence-corrected chi connectivity index (χ3v) is 4.52. The molecule has 1 unspecified atom stereocenters. The summed E-state index contributed by atoms with van der Waals surface area (Å²) in [6.07, 6.45) is 4.11. The van der Waals surface area contributed by atoms with Gasteiger partial charge in [-0.2, -0.15) is 15.5 Å². The summed E-state index contributed by atoms with van der Waals surface area (Å²) in [5.74, 6) is -0.0537. The highest BCUT2D eigenvalue weighted by Gasteiger charge is 2.30. The first kappa shape index (κ1) is 14.5. The van der Waals surface area contributed by atoms with Gasteiger partial charge in [-0.15, -0.1) is 0 Å². The lowest BCUT2D eigenvalue weighted by Crippen LogP contribution is -2.29. The summed E-state index contributed by atoms with van der Waals surface area (Å²) in [5, 5.41) is 18.4. The van der Waals surface area contributed by atoms with E-state index in [9.17, 15) is 4.79 Å². The number of nitrogens with zero attached hydrogens (tertiary/aromatic N) is 6. The molecule has 1 fully saturated rings. The molecule has 3 aromatic rings. The molecule has 1 saturated heterocycles. The molecular weight excluding hydrogens is 304 g/mol. The molecule has 1 aromatic carbocycles. The highest BCUT2D eigenvalue weighted by Crippen LogP contribution is 2.25. The van der Waals surface area contributed by atoms with Gasteiger partial charge in [-0.1, -0.05) is 18.2 Å². The average molecular weight is 320 g/mol. The Balaban J connectivity index is 1.58. The molecule has 0 radical (unpaired) electrons. The van der Waals surface area contributed by atoms with Crippen LogP contribution in [-0.4, -0.2) is 43.5 Å².